The van der Waals surface area contributed by atoms with Gasteiger partial charge in [0.2, 0.25) is 11.7 Å². The molecule has 0 saturated carbocycles. The number of likely N-dealkylation sites (tertiary alicyclic amines) is 1. The van der Waals surface area contributed by atoms with Crippen LogP contribution in [0.4, 0.5) is 0 Å². The van der Waals surface area contributed by atoms with E-state index < -0.39 is 0 Å². The maximum absolute atomic E-state index is 5.60. The Morgan fingerprint density at radius 1 is 1.10 bits per heavy atom. The van der Waals surface area contributed by atoms with Crippen molar-refractivity contribution in [3.8, 4) is 22.9 Å². The van der Waals surface area contributed by atoms with E-state index in [1.807, 2.05) is 24.3 Å². The van der Waals surface area contributed by atoms with Crippen LogP contribution in [-0.4, -0.2) is 35.8 Å². The van der Waals surface area contributed by atoms with Crippen molar-refractivity contribution in [3.05, 3.63) is 59.5 Å². The lowest BCUT2D eigenvalue weighted by molar-refractivity contribution is 0.209. The van der Waals surface area contributed by atoms with E-state index in [0.29, 0.717) is 18.3 Å². The number of methoxy groups -OCH3 is 2. The Balaban J connectivity index is 1.53. The molecular formula is C23H27N3O3. The summed E-state index contributed by atoms with van der Waals surface area (Å²) < 4.78 is 16.6. The standard InChI is InChI=1S/C23H27N3O3/c1-4-16-7-9-17(10-8-16)23-24-22(29-25-23)15-26-13-5-6-20(26)19-14-18(27-2)11-12-21(19)28-3/h7-12,14,20H,4-6,13,15H2,1-3H3. The van der Waals surface area contributed by atoms with Crippen molar-refractivity contribution in [2.75, 3.05) is 20.8 Å². The minimum absolute atomic E-state index is 0.235. The number of hydrogen-bond acceptors (Lipinski definition) is 6. The van der Waals surface area contributed by atoms with Crippen LogP contribution in [0.5, 0.6) is 11.5 Å². The summed E-state index contributed by atoms with van der Waals surface area (Å²) in [7, 11) is 3.39. The molecule has 4 rings (SSSR count). The Kier molecular flexibility index (Phi) is 5.81. The molecule has 1 aromatic heterocycles. The average molecular weight is 393 g/mol. The smallest absolute Gasteiger partial charge is 0.241 e. The number of aromatic nitrogens is 2. The monoisotopic (exact) mass is 393 g/mol. The first-order valence-corrected chi connectivity index (χ1v) is 10.1. The zero-order valence-corrected chi connectivity index (χ0v) is 17.2. The van der Waals surface area contributed by atoms with Crippen LogP contribution in [-0.2, 0) is 13.0 Å². The average Bonchev–Trinajstić information content (AvgIpc) is 3.43. The van der Waals surface area contributed by atoms with E-state index in [-0.39, 0.29) is 6.04 Å². The zero-order chi connectivity index (χ0) is 20.2. The molecule has 1 atom stereocenters. The summed E-state index contributed by atoms with van der Waals surface area (Å²) in [5.41, 5.74) is 3.41. The Labute approximate surface area is 171 Å². The molecule has 1 aliphatic rings. The quantitative estimate of drug-likeness (QED) is 0.582. The first kappa shape index (κ1) is 19.5. The number of benzene rings is 2. The molecule has 1 aliphatic heterocycles. The maximum Gasteiger partial charge on any atom is 0.241 e. The third-order valence-corrected chi connectivity index (χ3v) is 5.59. The van der Waals surface area contributed by atoms with E-state index in [2.05, 4.69) is 40.2 Å². The highest BCUT2D eigenvalue weighted by molar-refractivity contribution is 5.54. The van der Waals surface area contributed by atoms with E-state index in [1.54, 1.807) is 14.2 Å². The summed E-state index contributed by atoms with van der Waals surface area (Å²) in [5, 5.41) is 4.19. The lowest BCUT2D eigenvalue weighted by Crippen LogP contribution is -2.23. The topological polar surface area (TPSA) is 60.6 Å². The van der Waals surface area contributed by atoms with E-state index in [0.717, 1.165) is 48.4 Å². The molecule has 6 nitrogen and oxygen atoms in total. The molecule has 1 saturated heterocycles. The van der Waals surface area contributed by atoms with Crippen LogP contribution in [0.3, 0.4) is 0 Å². The fourth-order valence-electron chi connectivity index (χ4n) is 3.97. The highest BCUT2D eigenvalue weighted by Crippen LogP contribution is 2.39. The molecule has 6 heteroatoms. The lowest BCUT2D eigenvalue weighted by Gasteiger charge is -2.25. The van der Waals surface area contributed by atoms with E-state index in [4.69, 9.17) is 14.0 Å². The fourth-order valence-corrected chi connectivity index (χ4v) is 3.97. The number of nitrogens with zero attached hydrogens (tertiary/aromatic N) is 3. The summed E-state index contributed by atoms with van der Waals surface area (Å²) in [6.45, 7) is 3.74. The molecule has 1 fully saturated rings. The SMILES string of the molecule is CCc1ccc(-c2noc(CN3CCCC3c3cc(OC)ccc3OC)n2)cc1. The third kappa shape index (κ3) is 4.12. The van der Waals surface area contributed by atoms with Crippen LogP contribution >= 0.6 is 0 Å². The van der Waals surface area contributed by atoms with Crippen LogP contribution in [0.25, 0.3) is 11.4 Å². The van der Waals surface area contributed by atoms with Gasteiger partial charge in [-0.2, -0.15) is 4.98 Å². The highest BCUT2D eigenvalue weighted by atomic mass is 16.5. The van der Waals surface area contributed by atoms with Crippen molar-refractivity contribution >= 4 is 0 Å². The number of rotatable bonds is 7. The van der Waals surface area contributed by atoms with Crippen molar-refractivity contribution in [2.24, 2.45) is 0 Å². The molecule has 0 spiro atoms. The molecule has 0 bridgehead atoms. The lowest BCUT2D eigenvalue weighted by atomic mass is 10.0. The van der Waals surface area contributed by atoms with Gasteiger partial charge in [-0.25, -0.2) is 0 Å². The van der Waals surface area contributed by atoms with Gasteiger partial charge < -0.3 is 14.0 Å². The highest BCUT2D eigenvalue weighted by Gasteiger charge is 2.30. The molecule has 152 valence electrons. The number of hydrogen-bond donors (Lipinski definition) is 0. The van der Waals surface area contributed by atoms with Crippen molar-refractivity contribution in [2.45, 2.75) is 38.8 Å². The van der Waals surface area contributed by atoms with E-state index in [9.17, 15) is 0 Å². The first-order valence-electron chi connectivity index (χ1n) is 10.1. The fraction of sp³-hybridized carbons (Fsp3) is 0.391. The maximum atomic E-state index is 5.60. The number of ether oxygens (including phenoxy) is 2. The Morgan fingerprint density at radius 3 is 2.66 bits per heavy atom. The van der Waals surface area contributed by atoms with Crippen LogP contribution in [0.1, 0.15) is 42.8 Å². The van der Waals surface area contributed by atoms with E-state index >= 15 is 0 Å². The molecule has 0 radical (unpaired) electrons. The van der Waals surface area contributed by atoms with Crippen LogP contribution < -0.4 is 9.47 Å². The first-order chi connectivity index (χ1) is 14.2. The molecule has 0 N–H and O–H groups in total. The second-order valence-electron chi connectivity index (χ2n) is 7.30. The predicted molar refractivity (Wildman–Crippen MR) is 111 cm³/mol. The molecule has 2 heterocycles. The normalized spacial score (nSPS) is 16.9. The third-order valence-electron chi connectivity index (χ3n) is 5.59. The summed E-state index contributed by atoms with van der Waals surface area (Å²) in [5.74, 6) is 2.99. The van der Waals surface area contributed by atoms with Crippen LogP contribution in [0.2, 0.25) is 0 Å². The van der Waals surface area contributed by atoms with E-state index in [1.165, 1.54) is 5.56 Å². The minimum atomic E-state index is 0.235. The molecule has 2 aromatic carbocycles. The van der Waals surface area contributed by atoms with Gasteiger partial charge in [0.05, 0.1) is 20.8 Å². The van der Waals surface area contributed by atoms with Crippen LogP contribution in [0, 0.1) is 0 Å². The second kappa shape index (κ2) is 8.66. The molecular weight excluding hydrogens is 366 g/mol. The summed E-state index contributed by atoms with van der Waals surface area (Å²) in [6, 6.07) is 14.5. The Morgan fingerprint density at radius 2 is 1.93 bits per heavy atom. The van der Waals surface area contributed by atoms with Crippen LogP contribution in [0.15, 0.2) is 47.0 Å². The summed E-state index contributed by atoms with van der Waals surface area (Å²) >= 11 is 0. The Bertz CT molecular complexity index is 952. The minimum Gasteiger partial charge on any atom is -0.497 e. The van der Waals surface area contributed by atoms with Gasteiger partial charge in [-0.05, 0) is 49.6 Å². The van der Waals surface area contributed by atoms with Gasteiger partial charge in [0.15, 0.2) is 0 Å². The summed E-state index contributed by atoms with van der Waals surface area (Å²) in [6.07, 6.45) is 3.19. The molecule has 1 unspecified atom stereocenters. The molecule has 3 aromatic rings. The van der Waals surface area contributed by atoms with Crippen molar-refractivity contribution < 1.29 is 14.0 Å². The predicted octanol–water partition coefficient (Wildman–Crippen LogP) is 4.65. The van der Waals surface area contributed by atoms with Gasteiger partial charge >= 0.3 is 0 Å². The number of aryl methyl sites for hydroxylation is 1. The Hall–Kier alpha value is -2.86. The van der Waals surface area contributed by atoms with Gasteiger partial charge in [0.1, 0.15) is 11.5 Å². The second-order valence-corrected chi connectivity index (χ2v) is 7.30. The van der Waals surface area contributed by atoms with Gasteiger partial charge in [0.25, 0.3) is 0 Å². The van der Waals surface area contributed by atoms with Gasteiger partial charge in [0, 0.05) is 17.2 Å². The molecule has 29 heavy (non-hydrogen) atoms. The largest absolute Gasteiger partial charge is 0.497 e. The molecule has 0 amide bonds. The zero-order valence-electron chi connectivity index (χ0n) is 17.2. The van der Waals surface area contributed by atoms with Crippen molar-refractivity contribution in [1.82, 2.24) is 15.0 Å². The van der Waals surface area contributed by atoms with Crippen molar-refractivity contribution in [1.29, 1.82) is 0 Å². The molecule has 0 aliphatic carbocycles. The summed E-state index contributed by atoms with van der Waals surface area (Å²) in [4.78, 5) is 7.00. The van der Waals surface area contributed by atoms with Gasteiger partial charge in [-0.1, -0.05) is 36.3 Å². The van der Waals surface area contributed by atoms with Gasteiger partial charge in [-0.15, -0.1) is 0 Å². The van der Waals surface area contributed by atoms with Crippen molar-refractivity contribution in [3.63, 3.8) is 0 Å². The van der Waals surface area contributed by atoms with Gasteiger partial charge in [-0.3, -0.25) is 4.90 Å².